The molecule has 0 aromatic heterocycles. The molecule has 0 N–H and O–H groups in total. The molecule has 0 aliphatic carbocycles. The highest BCUT2D eigenvalue weighted by Crippen LogP contribution is 2.21. The summed E-state index contributed by atoms with van der Waals surface area (Å²) in [6.45, 7) is 0.653. The van der Waals surface area contributed by atoms with Crippen molar-refractivity contribution in [1.82, 2.24) is 0 Å². The summed E-state index contributed by atoms with van der Waals surface area (Å²) in [6, 6.07) is 3.95. The summed E-state index contributed by atoms with van der Waals surface area (Å²) in [6.07, 6.45) is 0.343. The lowest BCUT2D eigenvalue weighted by Gasteiger charge is -1.93. The Bertz CT molecular complexity index is 172. The minimum Gasteiger partial charge on any atom is -0.372 e. The van der Waals surface area contributed by atoms with Gasteiger partial charge in [-0.15, -0.1) is 0 Å². The number of epoxide rings is 1. The van der Waals surface area contributed by atoms with Crippen LogP contribution in [0.15, 0.2) is 0 Å². The zero-order valence-electron chi connectivity index (χ0n) is 4.87. The van der Waals surface area contributed by atoms with Gasteiger partial charge in [-0.3, -0.25) is 0 Å². The van der Waals surface area contributed by atoms with Crippen LogP contribution >= 0.6 is 0 Å². The van der Waals surface area contributed by atoms with Crippen LogP contribution in [0.25, 0.3) is 0 Å². The Kier molecular flexibility index (Phi) is 1.67. The second kappa shape index (κ2) is 2.48. The molecule has 1 rings (SSSR count). The fraction of sp³-hybridized carbons (Fsp3) is 0.667. The number of hydrogen-bond donors (Lipinski definition) is 0. The predicted octanol–water partition coefficient (Wildman–Crippen LogP) is 0.439. The maximum atomic E-state index is 8.39. The topological polar surface area (TPSA) is 60.1 Å². The number of nitrogens with zero attached hydrogens (tertiary/aromatic N) is 2. The monoisotopic (exact) mass is 122 g/mol. The van der Waals surface area contributed by atoms with Crippen molar-refractivity contribution in [2.75, 3.05) is 6.61 Å². The fourth-order valence-electron chi connectivity index (χ4n) is 0.646. The molecule has 2 unspecified atom stereocenters. The van der Waals surface area contributed by atoms with Crippen molar-refractivity contribution in [3.63, 3.8) is 0 Å². The molecular weight excluding hydrogens is 116 g/mol. The van der Waals surface area contributed by atoms with Gasteiger partial charge in [-0.25, -0.2) is 0 Å². The summed E-state index contributed by atoms with van der Waals surface area (Å²) in [5.41, 5.74) is 0. The number of ether oxygens (including phenoxy) is 1. The van der Waals surface area contributed by atoms with Crippen molar-refractivity contribution >= 4 is 0 Å². The zero-order valence-corrected chi connectivity index (χ0v) is 4.87. The zero-order chi connectivity index (χ0) is 6.69. The van der Waals surface area contributed by atoms with E-state index in [1.807, 2.05) is 12.1 Å². The second-order valence-electron chi connectivity index (χ2n) is 1.97. The van der Waals surface area contributed by atoms with Gasteiger partial charge in [0.1, 0.15) is 0 Å². The summed E-state index contributed by atoms with van der Waals surface area (Å²) in [4.78, 5) is 0. The molecule has 2 atom stereocenters. The molecule has 1 aliphatic rings. The molecule has 1 fully saturated rings. The lowest BCUT2D eigenvalue weighted by atomic mass is 10.1. The number of nitriles is 2. The van der Waals surface area contributed by atoms with Gasteiger partial charge in [0.15, 0.2) is 0 Å². The highest BCUT2D eigenvalue weighted by molar-refractivity contribution is 4.98. The molecule has 0 saturated carbocycles. The van der Waals surface area contributed by atoms with E-state index in [2.05, 4.69) is 0 Å². The standard InChI is InChI=1S/C6H6N2O/c7-2-1-5(3-8)6-4-9-6/h5-6H,1,4H2. The largest absolute Gasteiger partial charge is 0.372 e. The summed E-state index contributed by atoms with van der Waals surface area (Å²) in [7, 11) is 0. The van der Waals surface area contributed by atoms with E-state index < -0.39 is 0 Å². The minimum atomic E-state index is -0.199. The van der Waals surface area contributed by atoms with Gasteiger partial charge in [-0.2, -0.15) is 10.5 Å². The molecule has 0 radical (unpaired) electrons. The Hall–Kier alpha value is -1.06. The van der Waals surface area contributed by atoms with Gasteiger partial charge < -0.3 is 4.74 Å². The van der Waals surface area contributed by atoms with Crippen molar-refractivity contribution in [1.29, 1.82) is 10.5 Å². The van der Waals surface area contributed by atoms with E-state index in [4.69, 9.17) is 15.3 Å². The number of rotatable bonds is 2. The summed E-state index contributed by atoms with van der Waals surface area (Å²) < 4.78 is 4.84. The first-order valence-electron chi connectivity index (χ1n) is 2.76. The molecule has 0 aromatic rings. The quantitative estimate of drug-likeness (QED) is 0.499. The minimum absolute atomic E-state index is 0.0506. The average molecular weight is 122 g/mol. The van der Waals surface area contributed by atoms with Crippen molar-refractivity contribution in [3.8, 4) is 12.1 Å². The van der Waals surface area contributed by atoms with Crippen molar-refractivity contribution in [2.24, 2.45) is 5.92 Å². The molecule has 3 nitrogen and oxygen atoms in total. The highest BCUT2D eigenvalue weighted by atomic mass is 16.6. The van der Waals surface area contributed by atoms with E-state index in [1.54, 1.807) is 0 Å². The molecule has 1 heterocycles. The van der Waals surface area contributed by atoms with Crippen LogP contribution in [0.4, 0.5) is 0 Å². The smallest absolute Gasteiger partial charge is 0.0977 e. The molecule has 1 aliphatic heterocycles. The summed E-state index contributed by atoms with van der Waals surface area (Å²) >= 11 is 0. The number of hydrogen-bond acceptors (Lipinski definition) is 3. The Balaban J connectivity index is 2.33. The van der Waals surface area contributed by atoms with Crippen LogP contribution in [-0.4, -0.2) is 12.7 Å². The van der Waals surface area contributed by atoms with E-state index >= 15 is 0 Å². The lowest BCUT2D eigenvalue weighted by Crippen LogP contribution is -2.03. The molecule has 0 spiro atoms. The Labute approximate surface area is 53.5 Å². The van der Waals surface area contributed by atoms with Crippen molar-refractivity contribution in [3.05, 3.63) is 0 Å². The van der Waals surface area contributed by atoms with Gasteiger partial charge in [-0.1, -0.05) is 0 Å². The van der Waals surface area contributed by atoms with Gasteiger partial charge >= 0.3 is 0 Å². The average Bonchev–Trinajstić information content (AvgIpc) is 2.64. The molecule has 0 amide bonds. The lowest BCUT2D eigenvalue weighted by molar-refractivity contribution is 0.366. The molecule has 9 heavy (non-hydrogen) atoms. The van der Waals surface area contributed by atoms with E-state index in [1.165, 1.54) is 0 Å². The third-order valence-electron chi connectivity index (χ3n) is 1.28. The van der Waals surface area contributed by atoms with Crippen molar-refractivity contribution < 1.29 is 4.74 Å². The van der Waals surface area contributed by atoms with Gasteiger partial charge in [0.2, 0.25) is 0 Å². The summed E-state index contributed by atoms with van der Waals surface area (Å²) in [5, 5.41) is 16.6. The molecular formula is C6H6N2O. The third kappa shape index (κ3) is 1.42. The van der Waals surface area contributed by atoms with Gasteiger partial charge in [0.25, 0.3) is 0 Å². The third-order valence-corrected chi connectivity index (χ3v) is 1.28. The second-order valence-corrected chi connectivity index (χ2v) is 1.97. The first-order chi connectivity index (χ1) is 4.38. The van der Waals surface area contributed by atoms with Crippen LogP contribution in [-0.2, 0) is 4.74 Å². The predicted molar refractivity (Wildman–Crippen MR) is 29.1 cm³/mol. The highest BCUT2D eigenvalue weighted by Gasteiger charge is 2.32. The first-order valence-corrected chi connectivity index (χ1v) is 2.76. The van der Waals surface area contributed by atoms with E-state index in [-0.39, 0.29) is 12.0 Å². The molecule has 1 saturated heterocycles. The van der Waals surface area contributed by atoms with Gasteiger partial charge in [0.05, 0.1) is 37.2 Å². The maximum Gasteiger partial charge on any atom is 0.0977 e. The van der Waals surface area contributed by atoms with Crippen LogP contribution < -0.4 is 0 Å². The van der Waals surface area contributed by atoms with Gasteiger partial charge in [-0.05, 0) is 0 Å². The van der Waals surface area contributed by atoms with Gasteiger partial charge in [0, 0.05) is 0 Å². The molecule has 3 heteroatoms. The molecule has 0 bridgehead atoms. The molecule has 0 aromatic carbocycles. The fourth-order valence-corrected chi connectivity index (χ4v) is 0.646. The normalized spacial score (nSPS) is 25.8. The van der Waals surface area contributed by atoms with Crippen molar-refractivity contribution in [2.45, 2.75) is 12.5 Å². The first kappa shape index (κ1) is 6.07. The van der Waals surface area contributed by atoms with Crippen LogP contribution in [0.3, 0.4) is 0 Å². The van der Waals surface area contributed by atoms with E-state index in [9.17, 15) is 0 Å². The Morgan fingerprint density at radius 3 is 2.67 bits per heavy atom. The van der Waals surface area contributed by atoms with Crippen LogP contribution in [0.2, 0.25) is 0 Å². The van der Waals surface area contributed by atoms with E-state index in [0.717, 1.165) is 0 Å². The van der Waals surface area contributed by atoms with Crippen LogP contribution in [0.5, 0.6) is 0 Å². The SMILES string of the molecule is N#CCC(C#N)C1CO1. The van der Waals surface area contributed by atoms with Crippen LogP contribution in [0, 0.1) is 28.6 Å². The Morgan fingerprint density at radius 2 is 2.33 bits per heavy atom. The van der Waals surface area contributed by atoms with E-state index in [0.29, 0.717) is 13.0 Å². The summed E-state index contributed by atoms with van der Waals surface area (Å²) in [5.74, 6) is -0.199. The maximum absolute atomic E-state index is 8.39. The molecule has 46 valence electrons. The Morgan fingerprint density at radius 1 is 1.67 bits per heavy atom. The van der Waals surface area contributed by atoms with Crippen LogP contribution in [0.1, 0.15) is 6.42 Å².